The zero-order chi connectivity index (χ0) is 13.0. The van der Waals surface area contributed by atoms with Crippen LogP contribution in [0.3, 0.4) is 0 Å². The second-order valence-corrected chi connectivity index (χ2v) is 4.17. The van der Waals surface area contributed by atoms with Crippen LogP contribution in [-0.4, -0.2) is 40.3 Å². The van der Waals surface area contributed by atoms with Gasteiger partial charge in [0.05, 0.1) is 21.3 Å². The van der Waals surface area contributed by atoms with E-state index in [0.717, 1.165) is 5.56 Å². The van der Waals surface area contributed by atoms with Crippen LogP contribution in [0.4, 0.5) is 0 Å². The van der Waals surface area contributed by atoms with E-state index in [-0.39, 0.29) is 5.50 Å². The van der Waals surface area contributed by atoms with Crippen molar-refractivity contribution in [2.24, 2.45) is 0 Å². The molecule has 0 spiro atoms. The first-order chi connectivity index (χ1) is 8.04. The van der Waals surface area contributed by atoms with Crippen molar-refractivity contribution >= 4 is 11.6 Å². The minimum Gasteiger partial charge on any atom is -0.493 e. The Morgan fingerprint density at radius 1 is 1.00 bits per heavy atom. The van der Waals surface area contributed by atoms with Crippen LogP contribution in [0.15, 0.2) is 12.1 Å². The van der Waals surface area contributed by atoms with Gasteiger partial charge in [-0.05, 0) is 31.8 Å². The highest BCUT2D eigenvalue weighted by Gasteiger charge is 2.18. The Bertz CT molecular complexity index is 357. The van der Waals surface area contributed by atoms with Crippen LogP contribution in [0.5, 0.6) is 17.2 Å². The van der Waals surface area contributed by atoms with Gasteiger partial charge in [0.25, 0.3) is 0 Å². The summed E-state index contributed by atoms with van der Waals surface area (Å²) < 4.78 is 15.8. The molecular weight excluding hydrogens is 242 g/mol. The average Bonchev–Trinajstić information content (AvgIpc) is 2.35. The average molecular weight is 260 g/mol. The number of methoxy groups -OCH3 is 3. The van der Waals surface area contributed by atoms with Gasteiger partial charge in [-0.1, -0.05) is 0 Å². The maximum Gasteiger partial charge on any atom is 0.203 e. The summed E-state index contributed by atoms with van der Waals surface area (Å²) in [4.78, 5) is 1.89. The summed E-state index contributed by atoms with van der Waals surface area (Å²) in [6.07, 6.45) is 0. The molecule has 0 aromatic heterocycles. The maximum absolute atomic E-state index is 6.27. The predicted molar refractivity (Wildman–Crippen MR) is 68.4 cm³/mol. The van der Waals surface area contributed by atoms with Crippen LogP contribution in [0.25, 0.3) is 0 Å². The Hall–Kier alpha value is -1.13. The Labute approximate surface area is 107 Å². The number of hydrogen-bond acceptors (Lipinski definition) is 4. The van der Waals surface area contributed by atoms with Crippen LogP contribution < -0.4 is 14.2 Å². The second-order valence-electron chi connectivity index (χ2n) is 3.76. The van der Waals surface area contributed by atoms with Crippen LogP contribution in [0.2, 0.25) is 0 Å². The lowest BCUT2D eigenvalue weighted by Gasteiger charge is -2.20. The minimum absolute atomic E-state index is 0.247. The number of rotatable bonds is 5. The van der Waals surface area contributed by atoms with Gasteiger partial charge in [-0.3, -0.25) is 4.90 Å². The van der Waals surface area contributed by atoms with E-state index in [2.05, 4.69) is 0 Å². The monoisotopic (exact) mass is 259 g/mol. The first kappa shape index (κ1) is 13.9. The van der Waals surface area contributed by atoms with E-state index in [1.165, 1.54) is 0 Å². The van der Waals surface area contributed by atoms with Crippen molar-refractivity contribution in [1.82, 2.24) is 4.90 Å². The summed E-state index contributed by atoms with van der Waals surface area (Å²) in [6.45, 7) is 0. The highest BCUT2D eigenvalue weighted by molar-refractivity contribution is 6.20. The molecule has 0 N–H and O–H groups in total. The summed E-state index contributed by atoms with van der Waals surface area (Å²) in [5.74, 6) is 1.78. The van der Waals surface area contributed by atoms with Gasteiger partial charge < -0.3 is 14.2 Å². The molecule has 0 heterocycles. The smallest absolute Gasteiger partial charge is 0.203 e. The molecule has 0 fully saturated rings. The Morgan fingerprint density at radius 3 is 1.76 bits per heavy atom. The summed E-state index contributed by atoms with van der Waals surface area (Å²) in [7, 11) is 8.55. The zero-order valence-corrected chi connectivity index (χ0v) is 11.5. The third kappa shape index (κ3) is 2.96. The molecule has 0 saturated carbocycles. The lowest BCUT2D eigenvalue weighted by atomic mass is 10.1. The molecule has 0 aliphatic rings. The summed E-state index contributed by atoms with van der Waals surface area (Å²) in [5, 5.41) is 0. The molecule has 0 aliphatic heterocycles. The number of ether oxygens (including phenoxy) is 3. The Balaban J connectivity index is 3.27. The molecule has 0 radical (unpaired) electrons. The van der Waals surface area contributed by atoms with E-state index in [0.29, 0.717) is 17.2 Å². The standard InChI is InChI=1S/C12H18ClNO3/c1-14(2)12(13)8-6-9(15-3)11(17-5)10(7-8)16-4/h6-7,12H,1-5H3. The highest BCUT2D eigenvalue weighted by atomic mass is 35.5. The van der Waals surface area contributed by atoms with Gasteiger partial charge in [0.1, 0.15) is 5.50 Å². The van der Waals surface area contributed by atoms with E-state index in [9.17, 15) is 0 Å². The Kier molecular flexibility index (Phi) is 4.90. The van der Waals surface area contributed by atoms with Gasteiger partial charge >= 0.3 is 0 Å². The number of alkyl halides is 1. The minimum atomic E-state index is -0.247. The summed E-state index contributed by atoms with van der Waals surface area (Å²) in [6, 6.07) is 3.69. The van der Waals surface area contributed by atoms with E-state index >= 15 is 0 Å². The lowest BCUT2D eigenvalue weighted by molar-refractivity contribution is 0.321. The van der Waals surface area contributed by atoms with E-state index in [1.807, 2.05) is 31.1 Å². The molecule has 1 atom stereocenters. The molecule has 1 aromatic carbocycles. The molecule has 96 valence electrons. The van der Waals surface area contributed by atoms with E-state index in [1.54, 1.807) is 21.3 Å². The summed E-state index contributed by atoms with van der Waals surface area (Å²) >= 11 is 6.27. The maximum atomic E-state index is 6.27. The van der Waals surface area contributed by atoms with Crippen molar-refractivity contribution < 1.29 is 14.2 Å². The number of benzene rings is 1. The van der Waals surface area contributed by atoms with Gasteiger partial charge in [0.2, 0.25) is 5.75 Å². The fourth-order valence-electron chi connectivity index (χ4n) is 1.54. The summed E-state index contributed by atoms with van der Waals surface area (Å²) in [5.41, 5.74) is 0.648. The van der Waals surface area contributed by atoms with Crippen molar-refractivity contribution in [2.45, 2.75) is 5.50 Å². The molecular formula is C12H18ClNO3. The zero-order valence-electron chi connectivity index (χ0n) is 10.8. The SMILES string of the molecule is COc1cc(C(Cl)N(C)C)cc(OC)c1OC. The van der Waals surface area contributed by atoms with Gasteiger partial charge in [-0.25, -0.2) is 0 Å². The van der Waals surface area contributed by atoms with Crippen molar-refractivity contribution in [1.29, 1.82) is 0 Å². The molecule has 4 nitrogen and oxygen atoms in total. The first-order valence-electron chi connectivity index (χ1n) is 5.15. The molecule has 0 amide bonds. The van der Waals surface area contributed by atoms with Crippen LogP contribution >= 0.6 is 11.6 Å². The number of hydrogen-bond donors (Lipinski definition) is 0. The van der Waals surface area contributed by atoms with E-state index in [4.69, 9.17) is 25.8 Å². The first-order valence-corrected chi connectivity index (χ1v) is 5.59. The molecule has 1 rings (SSSR count). The van der Waals surface area contributed by atoms with Gasteiger partial charge in [-0.2, -0.15) is 0 Å². The number of halogens is 1. The molecule has 1 aromatic rings. The van der Waals surface area contributed by atoms with Crippen LogP contribution in [-0.2, 0) is 0 Å². The molecule has 5 heteroatoms. The second kappa shape index (κ2) is 5.98. The lowest BCUT2D eigenvalue weighted by Crippen LogP contribution is -2.15. The third-order valence-electron chi connectivity index (χ3n) is 2.42. The number of nitrogens with zero attached hydrogens (tertiary/aromatic N) is 1. The van der Waals surface area contributed by atoms with Gasteiger partial charge in [0, 0.05) is 0 Å². The highest BCUT2D eigenvalue weighted by Crippen LogP contribution is 2.40. The van der Waals surface area contributed by atoms with Crippen molar-refractivity contribution in [3.63, 3.8) is 0 Å². The van der Waals surface area contributed by atoms with Crippen molar-refractivity contribution in [3.8, 4) is 17.2 Å². The van der Waals surface area contributed by atoms with Gasteiger partial charge in [-0.15, -0.1) is 11.6 Å². The Morgan fingerprint density at radius 2 is 1.47 bits per heavy atom. The van der Waals surface area contributed by atoms with Crippen LogP contribution in [0.1, 0.15) is 11.1 Å². The molecule has 17 heavy (non-hydrogen) atoms. The normalized spacial score (nSPS) is 12.4. The van der Waals surface area contributed by atoms with Crippen LogP contribution in [0, 0.1) is 0 Å². The molecule has 1 unspecified atom stereocenters. The molecule has 0 saturated heterocycles. The molecule has 0 aliphatic carbocycles. The van der Waals surface area contributed by atoms with E-state index < -0.39 is 0 Å². The third-order valence-corrected chi connectivity index (χ3v) is 3.06. The predicted octanol–water partition coefficient (Wildman–Crippen LogP) is 2.51. The van der Waals surface area contributed by atoms with Crippen molar-refractivity contribution in [2.75, 3.05) is 35.4 Å². The van der Waals surface area contributed by atoms with Crippen molar-refractivity contribution in [3.05, 3.63) is 17.7 Å². The quantitative estimate of drug-likeness (QED) is 0.601. The fraction of sp³-hybridized carbons (Fsp3) is 0.500. The largest absolute Gasteiger partial charge is 0.493 e. The topological polar surface area (TPSA) is 30.9 Å². The molecule has 0 bridgehead atoms. The van der Waals surface area contributed by atoms with Gasteiger partial charge in [0.15, 0.2) is 11.5 Å². The fourth-order valence-corrected chi connectivity index (χ4v) is 1.66.